The highest BCUT2D eigenvalue weighted by atomic mass is 32.1. The van der Waals surface area contributed by atoms with Crippen LogP contribution in [0.5, 0.6) is 0 Å². The molecule has 5 rings (SSSR count). The van der Waals surface area contributed by atoms with Crippen LogP contribution in [0, 0.1) is 6.92 Å². The number of benzene rings is 2. The van der Waals surface area contributed by atoms with Gasteiger partial charge in [-0.1, -0.05) is 25.1 Å². The van der Waals surface area contributed by atoms with Gasteiger partial charge in [0.2, 0.25) is 5.91 Å². The molecule has 2 aromatic heterocycles. The second kappa shape index (κ2) is 11.1. The number of methoxy groups -OCH3 is 1. The number of ether oxygens (including phenoxy) is 1. The molecule has 1 amide bonds. The number of thiocarbonyl (C=S) groups is 1. The first-order chi connectivity index (χ1) is 18.9. The second-order valence-corrected chi connectivity index (χ2v) is 9.60. The van der Waals surface area contributed by atoms with Crippen LogP contribution < -0.4 is 15.5 Å². The average Bonchev–Trinajstić information content (AvgIpc) is 3.58. The summed E-state index contributed by atoms with van der Waals surface area (Å²) in [5.41, 5.74) is 5.46. The maximum Gasteiger partial charge on any atom is 0.339 e. The predicted octanol–water partition coefficient (Wildman–Crippen LogP) is 5.49. The number of para-hydroxylation sites is 1. The summed E-state index contributed by atoms with van der Waals surface area (Å²) in [4.78, 5) is 31.4. The van der Waals surface area contributed by atoms with E-state index in [0.29, 0.717) is 22.8 Å². The molecule has 39 heavy (non-hydrogen) atoms. The molecule has 1 saturated heterocycles. The van der Waals surface area contributed by atoms with E-state index in [4.69, 9.17) is 17.0 Å². The van der Waals surface area contributed by atoms with Gasteiger partial charge in [0.1, 0.15) is 6.04 Å². The van der Waals surface area contributed by atoms with E-state index in [1.165, 1.54) is 7.11 Å². The summed E-state index contributed by atoms with van der Waals surface area (Å²) < 4.78 is 7.06. The van der Waals surface area contributed by atoms with Crippen LogP contribution in [0.2, 0.25) is 0 Å². The standard InChI is InChI=1S/C30H29N5O3S/c1-4-26(36)32-22-15-14-20(18-19(22)2)35-28(27(33-30(35)39)23-11-7-8-16-31-23)25-13-9-17-34(25)24-12-6-5-10-21(24)29(37)38-3/h5-18,27-28H,4H2,1-3H3,(H,32,36)(H,33,39)/t27-,28-/m0/s1. The minimum Gasteiger partial charge on any atom is -0.465 e. The smallest absolute Gasteiger partial charge is 0.339 e. The molecule has 8 nitrogen and oxygen atoms in total. The largest absolute Gasteiger partial charge is 0.465 e. The molecule has 2 atom stereocenters. The maximum atomic E-state index is 12.6. The number of carbonyl (C=O) groups is 2. The number of aryl methyl sites for hydroxylation is 1. The molecule has 2 aromatic carbocycles. The molecule has 2 N–H and O–H groups in total. The van der Waals surface area contributed by atoms with Gasteiger partial charge in [-0.2, -0.15) is 0 Å². The van der Waals surface area contributed by atoms with Crippen molar-refractivity contribution in [2.24, 2.45) is 0 Å². The molecule has 0 saturated carbocycles. The Balaban J connectivity index is 1.64. The van der Waals surface area contributed by atoms with E-state index in [9.17, 15) is 9.59 Å². The Kier molecular flexibility index (Phi) is 7.42. The van der Waals surface area contributed by atoms with Crippen molar-refractivity contribution in [1.29, 1.82) is 0 Å². The third kappa shape index (κ3) is 5.00. The van der Waals surface area contributed by atoms with Gasteiger partial charge >= 0.3 is 5.97 Å². The van der Waals surface area contributed by atoms with Gasteiger partial charge in [-0.15, -0.1) is 0 Å². The minimum atomic E-state index is -0.413. The topological polar surface area (TPSA) is 88.5 Å². The number of aromatic nitrogens is 2. The number of hydrogen-bond acceptors (Lipinski definition) is 5. The molecule has 198 valence electrons. The van der Waals surface area contributed by atoms with Gasteiger partial charge in [0, 0.05) is 35.9 Å². The molecule has 9 heteroatoms. The molecule has 0 bridgehead atoms. The molecule has 0 aliphatic carbocycles. The van der Waals surface area contributed by atoms with Crippen LogP contribution in [0.15, 0.2) is 85.2 Å². The van der Waals surface area contributed by atoms with Crippen LogP contribution in [-0.2, 0) is 9.53 Å². The number of anilines is 2. The predicted molar refractivity (Wildman–Crippen MR) is 155 cm³/mol. The van der Waals surface area contributed by atoms with Crippen molar-refractivity contribution in [3.63, 3.8) is 0 Å². The first kappa shape index (κ1) is 26.1. The van der Waals surface area contributed by atoms with Gasteiger partial charge in [-0.05, 0) is 79.3 Å². The lowest BCUT2D eigenvalue weighted by molar-refractivity contribution is -0.115. The highest BCUT2D eigenvalue weighted by Gasteiger charge is 2.42. The molecule has 1 aliphatic heterocycles. The van der Waals surface area contributed by atoms with Gasteiger partial charge in [-0.25, -0.2) is 4.79 Å². The van der Waals surface area contributed by atoms with Crippen molar-refractivity contribution in [1.82, 2.24) is 14.9 Å². The minimum absolute atomic E-state index is 0.0422. The normalized spacial score (nSPS) is 16.6. The fourth-order valence-electron chi connectivity index (χ4n) is 4.93. The SMILES string of the molecule is CCC(=O)Nc1ccc(N2C(=S)N[C@@H](c3ccccn3)[C@@H]2c2cccn2-c2ccccc2C(=O)OC)cc1C. The van der Waals surface area contributed by atoms with E-state index in [2.05, 4.69) is 20.5 Å². The monoisotopic (exact) mass is 539 g/mol. The first-order valence-corrected chi connectivity index (χ1v) is 13.1. The molecular weight excluding hydrogens is 510 g/mol. The van der Waals surface area contributed by atoms with E-state index in [1.54, 1.807) is 12.3 Å². The lowest BCUT2D eigenvalue weighted by atomic mass is 10.00. The van der Waals surface area contributed by atoms with Crippen LogP contribution in [0.1, 0.15) is 52.7 Å². The zero-order chi connectivity index (χ0) is 27.5. The van der Waals surface area contributed by atoms with Crippen LogP contribution in [0.3, 0.4) is 0 Å². The number of pyridine rings is 1. The maximum absolute atomic E-state index is 12.6. The molecule has 0 radical (unpaired) electrons. The number of hydrogen-bond donors (Lipinski definition) is 2. The average molecular weight is 540 g/mol. The van der Waals surface area contributed by atoms with Crippen LogP contribution in [0.25, 0.3) is 5.69 Å². The summed E-state index contributed by atoms with van der Waals surface area (Å²) in [5.74, 6) is -0.455. The lowest BCUT2D eigenvalue weighted by Crippen LogP contribution is -2.30. The Morgan fingerprint density at radius 2 is 1.87 bits per heavy atom. The highest BCUT2D eigenvalue weighted by Crippen LogP contribution is 2.43. The Labute approximate surface area is 232 Å². The molecule has 1 fully saturated rings. The fraction of sp³-hybridized carbons (Fsp3) is 0.200. The fourth-order valence-corrected chi connectivity index (χ4v) is 5.28. The summed E-state index contributed by atoms with van der Waals surface area (Å²) in [7, 11) is 1.38. The number of rotatable bonds is 7. The molecule has 0 unspecified atom stereocenters. The summed E-state index contributed by atoms with van der Waals surface area (Å²) in [6.45, 7) is 3.78. The molecular formula is C30H29N5O3S. The quantitative estimate of drug-likeness (QED) is 0.237. The summed E-state index contributed by atoms with van der Waals surface area (Å²) in [6.07, 6.45) is 4.10. The first-order valence-electron chi connectivity index (χ1n) is 12.7. The zero-order valence-electron chi connectivity index (χ0n) is 21.9. The van der Waals surface area contributed by atoms with Gasteiger partial charge < -0.3 is 24.8 Å². The number of amides is 1. The van der Waals surface area contributed by atoms with Crippen molar-refractivity contribution >= 4 is 40.6 Å². The van der Waals surface area contributed by atoms with Crippen molar-refractivity contribution in [3.05, 3.63) is 108 Å². The van der Waals surface area contributed by atoms with Gasteiger partial charge in [0.15, 0.2) is 5.11 Å². The zero-order valence-corrected chi connectivity index (χ0v) is 22.7. The summed E-state index contributed by atoms with van der Waals surface area (Å²) in [5, 5.41) is 6.98. The van der Waals surface area contributed by atoms with E-state index in [1.807, 2.05) is 91.3 Å². The van der Waals surface area contributed by atoms with Crippen molar-refractivity contribution in [3.8, 4) is 5.69 Å². The summed E-state index contributed by atoms with van der Waals surface area (Å²) >= 11 is 5.90. The molecule has 3 heterocycles. The van der Waals surface area contributed by atoms with Crippen molar-refractivity contribution in [2.45, 2.75) is 32.4 Å². The van der Waals surface area contributed by atoms with Crippen LogP contribution in [0.4, 0.5) is 11.4 Å². The van der Waals surface area contributed by atoms with Crippen molar-refractivity contribution < 1.29 is 14.3 Å². The van der Waals surface area contributed by atoms with Crippen LogP contribution >= 0.6 is 12.2 Å². The van der Waals surface area contributed by atoms with E-state index in [-0.39, 0.29) is 18.0 Å². The lowest BCUT2D eigenvalue weighted by Gasteiger charge is -2.29. The Morgan fingerprint density at radius 3 is 2.59 bits per heavy atom. The van der Waals surface area contributed by atoms with Crippen LogP contribution in [-0.4, -0.2) is 33.6 Å². The second-order valence-electron chi connectivity index (χ2n) is 9.21. The third-order valence-corrected chi connectivity index (χ3v) is 7.15. The summed E-state index contributed by atoms with van der Waals surface area (Å²) in [6, 6.07) is 22.4. The molecule has 0 spiro atoms. The van der Waals surface area contributed by atoms with Gasteiger partial charge in [0.25, 0.3) is 0 Å². The number of esters is 1. The Hall–Kier alpha value is -4.50. The number of nitrogens with one attached hydrogen (secondary N) is 2. The molecule has 4 aromatic rings. The van der Waals surface area contributed by atoms with E-state index >= 15 is 0 Å². The third-order valence-electron chi connectivity index (χ3n) is 6.83. The van der Waals surface area contributed by atoms with Crippen molar-refractivity contribution in [2.75, 3.05) is 17.3 Å². The molecule has 1 aliphatic rings. The number of nitrogens with zero attached hydrogens (tertiary/aromatic N) is 3. The van der Waals surface area contributed by atoms with Gasteiger partial charge in [-0.3, -0.25) is 9.78 Å². The Morgan fingerprint density at radius 1 is 1.08 bits per heavy atom. The van der Waals surface area contributed by atoms with E-state index < -0.39 is 5.97 Å². The van der Waals surface area contributed by atoms with E-state index in [0.717, 1.165) is 28.3 Å². The number of carbonyl (C=O) groups excluding carboxylic acids is 2. The Bertz CT molecular complexity index is 1530. The highest BCUT2D eigenvalue weighted by molar-refractivity contribution is 7.80. The van der Waals surface area contributed by atoms with Gasteiger partial charge in [0.05, 0.1) is 30.1 Å².